The van der Waals surface area contributed by atoms with Gasteiger partial charge in [-0.05, 0) is 54.6 Å². The SMILES string of the molecule is CNCc1cc(-c2cc(NCc3ccccn3)nc3[nH]ccc23)ccc1OC. The van der Waals surface area contributed by atoms with Gasteiger partial charge in [0.25, 0.3) is 0 Å². The highest BCUT2D eigenvalue weighted by Gasteiger charge is 2.12. The van der Waals surface area contributed by atoms with E-state index in [-0.39, 0.29) is 0 Å². The van der Waals surface area contributed by atoms with Crippen molar-refractivity contribution in [3.05, 3.63) is 72.2 Å². The maximum atomic E-state index is 5.49. The second-order valence-electron chi connectivity index (χ2n) is 6.53. The Kier molecular flexibility index (Phi) is 5.21. The van der Waals surface area contributed by atoms with Crippen LogP contribution in [0.2, 0.25) is 0 Å². The largest absolute Gasteiger partial charge is 0.496 e. The van der Waals surface area contributed by atoms with Crippen LogP contribution in [-0.2, 0) is 13.1 Å². The van der Waals surface area contributed by atoms with Crippen LogP contribution in [0.3, 0.4) is 0 Å². The molecule has 6 heteroatoms. The number of methoxy groups -OCH3 is 1. The first-order valence-electron chi connectivity index (χ1n) is 9.22. The zero-order valence-corrected chi connectivity index (χ0v) is 16.0. The van der Waals surface area contributed by atoms with Crippen molar-refractivity contribution in [2.45, 2.75) is 13.1 Å². The first kappa shape index (κ1) is 18.0. The van der Waals surface area contributed by atoms with Gasteiger partial charge in [-0.1, -0.05) is 12.1 Å². The molecule has 0 unspecified atom stereocenters. The van der Waals surface area contributed by atoms with Gasteiger partial charge in [-0.25, -0.2) is 4.98 Å². The summed E-state index contributed by atoms with van der Waals surface area (Å²) in [5.74, 6) is 1.69. The van der Waals surface area contributed by atoms with Crippen LogP contribution in [-0.4, -0.2) is 29.1 Å². The number of anilines is 1. The number of ether oxygens (including phenoxy) is 1. The third kappa shape index (κ3) is 3.68. The van der Waals surface area contributed by atoms with Crippen LogP contribution >= 0.6 is 0 Å². The number of nitrogens with zero attached hydrogens (tertiary/aromatic N) is 2. The second kappa shape index (κ2) is 8.10. The summed E-state index contributed by atoms with van der Waals surface area (Å²) in [5.41, 5.74) is 5.19. The first-order chi connectivity index (χ1) is 13.8. The molecule has 6 nitrogen and oxygen atoms in total. The summed E-state index contributed by atoms with van der Waals surface area (Å²) < 4.78 is 5.49. The van der Waals surface area contributed by atoms with E-state index in [1.807, 2.05) is 37.5 Å². The molecule has 3 N–H and O–H groups in total. The molecule has 1 aromatic carbocycles. The Morgan fingerprint density at radius 1 is 1.07 bits per heavy atom. The van der Waals surface area contributed by atoms with Crippen molar-refractivity contribution in [2.75, 3.05) is 19.5 Å². The monoisotopic (exact) mass is 373 g/mol. The molecule has 0 aliphatic heterocycles. The minimum Gasteiger partial charge on any atom is -0.496 e. The summed E-state index contributed by atoms with van der Waals surface area (Å²) in [4.78, 5) is 12.3. The molecular weight excluding hydrogens is 350 g/mol. The fraction of sp³-hybridized carbons (Fsp3) is 0.182. The molecule has 4 rings (SSSR count). The van der Waals surface area contributed by atoms with E-state index < -0.39 is 0 Å². The quantitative estimate of drug-likeness (QED) is 0.457. The van der Waals surface area contributed by atoms with Crippen LogP contribution in [0.15, 0.2) is 60.9 Å². The van der Waals surface area contributed by atoms with Crippen molar-refractivity contribution in [3.63, 3.8) is 0 Å². The smallest absolute Gasteiger partial charge is 0.140 e. The molecule has 0 aliphatic carbocycles. The summed E-state index contributed by atoms with van der Waals surface area (Å²) in [6, 6.07) is 16.3. The minimum absolute atomic E-state index is 0.618. The van der Waals surface area contributed by atoms with Gasteiger partial charge in [-0.2, -0.15) is 0 Å². The third-order valence-electron chi connectivity index (χ3n) is 4.66. The van der Waals surface area contributed by atoms with E-state index in [1.165, 1.54) is 0 Å². The van der Waals surface area contributed by atoms with Gasteiger partial charge >= 0.3 is 0 Å². The summed E-state index contributed by atoms with van der Waals surface area (Å²) in [6.07, 6.45) is 3.71. The molecule has 142 valence electrons. The maximum Gasteiger partial charge on any atom is 0.140 e. The van der Waals surface area contributed by atoms with E-state index in [0.717, 1.165) is 51.5 Å². The highest BCUT2D eigenvalue weighted by molar-refractivity contribution is 5.95. The topological polar surface area (TPSA) is 74.9 Å². The Bertz CT molecular complexity index is 1070. The minimum atomic E-state index is 0.618. The first-order valence-corrected chi connectivity index (χ1v) is 9.22. The van der Waals surface area contributed by atoms with Gasteiger partial charge < -0.3 is 20.4 Å². The Hall–Kier alpha value is -3.38. The average Bonchev–Trinajstić information content (AvgIpc) is 3.21. The fourth-order valence-corrected chi connectivity index (χ4v) is 3.33. The molecule has 0 fully saturated rings. The normalized spacial score (nSPS) is 10.9. The van der Waals surface area contributed by atoms with Gasteiger partial charge in [-0.3, -0.25) is 4.98 Å². The third-order valence-corrected chi connectivity index (χ3v) is 4.66. The van der Waals surface area contributed by atoms with Crippen LogP contribution < -0.4 is 15.4 Å². The standard InChI is InChI=1S/C22H23N5O/c1-23-13-16-11-15(6-7-20(16)28-2)19-12-21(27-22-18(19)8-10-25-22)26-14-17-5-3-4-9-24-17/h3-12,23H,13-14H2,1-2H3,(H2,25,26,27). The molecule has 0 bridgehead atoms. The van der Waals surface area contributed by atoms with Crippen LogP contribution in [0.5, 0.6) is 5.75 Å². The molecule has 3 aromatic heterocycles. The van der Waals surface area contributed by atoms with Crippen molar-refractivity contribution >= 4 is 16.9 Å². The van der Waals surface area contributed by atoms with Gasteiger partial charge in [0.2, 0.25) is 0 Å². The number of fused-ring (bicyclic) bond motifs is 1. The second-order valence-corrected chi connectivity index (χ2v) is 6.53. The number of benzene rings is 1. The number of aromatic nitrogens is 3. The molecule has 0 saturated carbocycles. The van der Waals surface area contributed by atoms with E-state index in [0.29, 0.717) is 6.54 Å². The van der Waals surface area contributed by atoms with Crippen LogP contribution in [0, 0.1) is 0 Å². The molecule has 0 aliphatic rings. The van der Waals surface area contributed by atoms with Crippen molar-refractivity contribution in [1.29, 1.82) is 0 Å². The van der Waals surface area contributed by atoms with Crippen LogP contribution in [0.25, 0.3) is 22.2 Å². The van der Waals surface area contributed by atoms with E-state index in [2.05, 4.69) is 44.9 Å². The molecule has 3 heterocycles. The van der Waals surface area contributed by atoms with E-state index in [9.17, 15) is 0 Å². The van der Waals surface area contributed by atoms with Gasteiger partial charge in [0, 0.05) is 29.9 Å². The Morgan fingerprint density at radius 3 is 2.79 bits per heavy atom. The molecule has 0 amide bonds. The summed E-state index contributed by atoms with van der Waals surface area (Å²) in [7, 11) is 3.63. The molecule has 0 spiro atoms. The summed E-state index contributed by atoms with van der Waals surface area (Å²) in [5, 5.41) is 7.67. The van der Waals surface area contributed by atoms with Gasteiger partial charge in [0.1, 0.15) is 17.2 Å². The van der Waals surface area contributed by atoms with Crippen molar-refractivity contribution in [2.24, 2.45) is 0 Å². The van der Waals surface area contributed by atoms with Crippen molar-refractivity contribution in [3.8, 4) is 16.9 Å². The number of hydrogen-bond donors (Lipinski definition) is 3. The number of hydrogen-bond acceptors (Lipinski definition) is 5. The number of rotatable bonds is 7. The Morgan fingerprint density at radius 2 is 2.00 bits per heavy atom. The Labute approximate surface area is 164 Å². The zero-order chi connectivity index (χ0) is 19.3. The van der Waals surface area contributed by atoms with Gasteiger partial charge in [-0.15, -0.1) is 0 Å². The molecule has 4 aromatic rings. The number of nitrogens with one attached hydrogen (secondary N) is 3. The lowest BCUT2D eigenvalue weighted by Crippen LogP contribution is -2.07. The average molecular weight is 373 g/mol. The van der Waals surface area contributed by atoms with E-state index in [4.69, 9.17) is 9.72 Å². The highest BCUT2D eigenvalue weighted by Crippen LogP contribution is 2.33. The number of aromatic amines is 1. The van der Waals surface area contributed by atoms with E-state index in [1.54, 1.807) is 13.3 Å². The lowest BCUT2D eigenvalue weighted by molar-refractivity contribution is 0.408. The molecule has 0 radical (unpaired) electrons. The number of H-pyrrole nitrogens is 1. The molecular formula is C22H23N5O. The lowest BCUT2D eigenvalue weighted by atomic mass is 10.0. The Balaban J connectivity index is 1.72. The zero-order valence-electron chi connectivity index (χ0n) is 16.0. The molecule has 0 saturated heterocycles. The predicted molar refractivity (Wildman–Crippen MR) is 112 cm³/mol. The summed E-state index contributed by atoms with van der Waals surface area (Å²) >= 11 is 0. The van der Waals surface area contributed by atoms with Gasteiger partial charge in [0.05, 0.1) is 19.3 Å². The van der Waals surface area contributed by atoms with Crippen molar-refractivity contribution < 1.29 is 4.74 Å². The fourth-order valence-electron chi connectivity index (χ4n) is 3.33. The predicted octanol–water partition coefficient (Wildman–Crippen LogP) is 3.97. The van der Waals surface area contributed by atoms with Gasteiger partial charge in [0.15, 0.2) is 0 Å². The lowest BCUT2D eigenvalue weighted by Gasteiger charge is -2.13. The summed E-state index contributed by atoms with van der Waals surface area (Å²) in [6.45, 7) is 1.36. The van der Waals surface area contributed by atoms with E-state index >= 15 is 0 Å². The highest BCUT2D eigenvalue weighted by atomic mass is 16.5. The molecule has 28 heavy (non-hydrogen) atoms. The molecule has 0 atom stereocenters. The maximum absolute atomic E-state index is 5.49. The number of pyridine rings is 2. The van der Waals surface area contributed by atoms with Crippen LogP contribution in [0.1, 0.15) is 11.3 Å². The van der Waals surface area contributed by atoms with Crippen LogP contribution in [0.4, 0.5) is 5.82 Å². The van der Waals surface area contributed by atoms with Crippen molar-refractivity contribution in [1.82, 2.24) is 20.3 Å².